The van der Waals surface area contributed by atoms with Crippen LogP contribution >= 0.6 is 0 Å². The van der Waals surface area contributed by atoms with Crippen LogP contribution in [0.1, 0.15) is 36.5 Å². The number of anilines is 2. The lowest BCUT2D eigenvalue weighted by Gasteiger charge is -2.34. The van der Waals surface area contributed by atoms with Crippen LogP contribution in [0.5, 0.6) is 6.01 Å². The Morgan fingerprint density at radius 2 is 2.08 bits per heavy atom. The number of benzene rings is 2. The summed E-state index contributed by atoms with van der Waals surface area (Å²) in [5.41, 5.74) is 2.46. The Morgan fingerprint density at radius 3 is 2.90 bits per heavy atom. The van der Waals surface area contributed by atoms with Crippen LogP contribution < -0.4 is 20.3 Å². The minimum Gasteiger partial charge on any atom is -0.462 e. The van der Waals surface area contributed by atoms with E-state index in [0.29, 0.717) is 40.8 Å². The highest BCUT2D eigenvalue weighted by atomic mass is 19.1. The van der Waals surface area contributed by atoms with Crippen molar-refractivity contribution in [3.05, 3.63) is 48.0 Å². The summed E-state index contributed by atoms with van der Waals surface area (Å²) in [7, 11) is 3.85. The van der Waals surface area contributed by atoms with Crippen molar-refractivity contribution >= 4 is 39.1 Å². The van der Waals surface area contributed by atoms with E-state index >= 15 is 0 Å². The largest absolute Gasteiger partial charge is 0.462 e. The molecule has 0 aliphatic carbocycles. The highest BCUT2D eigenvalue weighted by molar-refractivity contribution is 6.14. The number of halogens is 1. The van der Waals surface area contributed by atoms with E-state index in [2.05, 4.69) is 44.5 Å². The van der Waals surface area contributed by atoms with E-state index < -0.39 is 5.82 Å². The number of hydrogen-bond acceptors (Lipinski definition) is 8. The molecular formula is C29H35FN8O2. The number of ether oxygens (including phenoxy) is 1. The summed E-state index contributed by atoms with van der Waals surface area (Å²) in [6.07, 6.45) is 6.92. The van der Waals surface area contributed by atoms with Crippen LogP contribution in [0.2, 0.25) is 0 Å². The summed E-state index contributed by atoms with van der Waals surface area (Å²) in [5.74, 6) is -0.878. The van der Waals surface area contributed by atoms with Gasteiger partial charge in [0.25, 0.3) is 5.91 Å². The van der Waals surface area contributed by atoms with E-state index in [0.717, 1.165) is 43.7 Å². The number of carbonyl (C=O) groups is 1. The second-order valence-corrected chi connectivity index (χ2v) is 10.9. The maximum atomic E-state index is 14.7. The number of amides is 1. The summed E-state index contributed by atoms with van der Waals surface area (Å²) in [6, 6.07) is 7.62. The molecule has 2 saturated heterocycles. The first-order chi connectivity index (χ1) is 19.4. The number of nitrogens with zero attached hydrogens (tertiary/aromatic N) is 6. The van der Waals surface area contributed by atoms with Crippen molar-refractivity contribution in [2.24, 2.45) is 7.05 Å². The zero-order valence-electron chi connectivity index (χ0n) is 23.2. The molecule has 2 aliphatic rings. The molecule has 0 spiro atoms. The Labute approximate surface area is 232 Å². The minimum atomic E-state index is -0.493. The molecule has 2 fully saturated rings. The van der Waals surface area contributed by atoms with Gasteiger partial charge in [-0.3, -0.25) is 9.48 Å². The van der Waals surface area contributed by atoms with E-state index in [4.69, 9.17) is 9.72 Å². The first kappa shape index (κ1) is 26.4. The maximum Gasteiger partial charge on any atom is 0.316 e. The molecule has 2 unspecified atom stereocenters. The molecule has 2 N–H and O–H groups in total. The molecule has 11 heteroatoms. The van der Waals surface area contributed by atoms with Gasteiger partial charge in [0, 0.05) is 73.3 Å². The lowest BCUT2D eigenvalue weighted by atomic mass is 10.0. The number of piperazine rings is 1. The molecule has 0 bridgehead atoms. The Bertz CT molecular complexity index is 1560. The average Bonchev–Trinajstić information content (AvgIpc) is 3.32. The summed E-state index contributed by atoms with van der Waals surface area (Å²) >= 11 is 0. The van der Waals surface area contributed by atoms with Gasteiger partial charge in [-0.05, 0) is 57.6 Å². The normalized spacial score (nSPS) is 20.2. The Morgan fingerprint density at radius 1 is 1.20 bits per heavy atom. The number of likely N-dealkylation sites (tertiary alicyclic amines) is 1. The zero-order chi connectivity index (χ0) is 27.8. The number of carbonyl (C=O) groups excluding carboxylic acids is 1. The van der Waals surface area contributed by atoms with Crippen molar-refractivity contribution in [3.63, 3.8) is 0 Å². The third-order valence-corrected chi connectivity index (χ3v) is 7.92. The van der Waals surface area contributed by atoms with Gasteiger partial charge in [0.05, 0.1) is 11.1 Å². The van der Waals surface area contributed by atoms with Crippen LogP contribution in [0, 0.1) is 5.82 Å². The van der Waals surface area contributed by atoms with Crippen molar-refractivity contribution in [2.45, 2.75) is 38.3 Å². The number of nitrogens with one attached hydrogen (secondary N) is 2. The lowest BCUT2D eigenvalue weighted by molar-refractivity contribution is 0.102. The van der Waals surface area contributed by atoms with Gasteiger partial charge in [-0.15, -0.1) is 0 Å². The van der Waals surface area contributed by atoms with Gasteiger partial charge in [0.15, 0.2) is 5.82 Å². The number of aromatic nitrogens is 4. The highest BCUT2D eigenvalue weighted by Crippen LogP contribution is 2.31. The number of likely N-dealkylation sites (N-methyl/N-ethyl adjacent to an activating group) is 1. The first-order valence-electron chi connectivity index (χ1n) is 13.9. The second kappa shape index (κ2) is 11.0. The van der Waals surface area contributed by atoms with E-state index in [-0.39, 0.29) is 17.4 Å². The van der Waals surface area contributed by atoms with Gasteiger partial charge in [0.1, 0.15) is 12.1 Å². The van der Waals surface area contributed by atoms with Crippen molar-refractivity contribution in [1.29, 1.82) is 0 Å². The fourth-order valence-electron chi connectivity index (χ4n) is 5.78. The molecule has 10 nitrogen and oxygen atoms in total. The predicted molar refractivity (Wildman–Crippen MR) is 154 cm³/mol. The van der Waals surface area contributed by atoms with Gasteiger partial charge in [-0.25, -0.2) is 9.37 Å². The van der Waals surface area contributed by atoms with E-state index in [1.165, 1.54) is 18.9 Å². The molecular weight excluding hydrogens is 511 g/mol. The molecule has 2 aromatic carbocycles. The fourth-order valence-corrected chi connectivity index (χ4v) is 5.78. The van der Waals surface area contributed by atoms with Crippen molar-refractivity contribution in [3.8, 4) is 6.01 Å². The molecule has 0 radical (unpaired) electrons. The van der Waals surface area contributed by atoms with E-state index in [1.807, 2.05) is 6.07 Å². The molecule has 40 heavy (non-hydrogen) atoms. The summed E-state index contributed by atoms with van der Waals surface area (Å²) in [5, 5.41) is 11.9. The van der Waals surface area contributed by atoms with Crippen LogP contribution in [-0.4, -0.2) is 82.5 Å². The van der Waals surface area contributed by atoms with Crippen molar-refractivity contribution in [1.82, 2.24) is 30.0 Å². The fraction of sp³-hybridized carbons (Fsp3) is 0.448. The molecule has 6 rings (SSSR count). The molecule has 210 valence electrons. The lowest BCUT2D eigenvalue weighted by Crippen LogP contribution is -2.49. The molecule has 4 aromatic rings. The SMILES string of the molecule is CC1CN(c2ccc(C(=O)Nc3cc(F)c4nn(C)cc4c3)c3nc(OCC4CCCCN4C)ncc23)CCN1. The molecule has 0 saturated carbocycles. The smallest absolute Gasteiger partial charge is 0.316 e. The van der Waals surface area contributed by atoms with Gasteiger partial charge < -0.3 is 25.2 Å². The van der Waals surface area contributed by atoms with Gasteiger partial charge >= 0.3 is 6.01 Å². The number of fused-ring (bicyclic) bond motifs is 2. The van der Waals surface area contributed by atoms with Crippen LogP contribution in [-0.2, 0) is 7.05 Å². The average molecular weight is 547 g/mol. The maximum absolute atomic E-state index is 14.7. The van der Waals surface area contributed by atoms with Crippen LogP contribution in [0.3, 0.4) is 0 Å². The van der Waals surface area contributed by atoms with Crippen LogP contribution in [0.4, 0.5) is 15.8 Å². The summed E-state index contributed by atoms with van der Waals surface area (Å²) in [4.78, 5) is 27.5. The predicted octanol–water partition coefficient (Wildman–Crippen LogP) is 3.57. The number of rotatable bonds is 6. The van der Waals surface area contributed by atoms with Gasteiger partial charge in [-0.1, -0.05) is 6.42 Å². The van der Waals surface area contributed by atoms with Crippen molar-refractivity contribution in [2.75, 3.05) is 50.1 Å². The quantitative estimate of drug-likeness (QED) is 0.379. The summed E-state index contributed by atoms with van der Waals surface area (Å²) in [6.45, 7) is 6.22. The van der Waals surface area contributed by atoms with Gasteiger partial charge in [-0.2, -0.15) is 10.1 Å². The third-order valence-electron chi connectivity index (χ3n) is 7.92. The Kier molecular flexibility index (Phi) is 7.24. The molecule has 1 amide bonds. The van der Waals surface area contributed by atoms with Gasteiger partial charge in [0.2, 0.25) is 0 Å². The minimum absolute atomic E-state index is 0.245. The van der Waals surface area contributed by atoms with Crippen LogP contribution in [0.25, 0.3) is 21.8 Å². The molecule has 2 aromatic heterocycles. The Balaban J connectivity index is 1.34. The van der Waals surface area contributed by atoms with Crippen molar-refractivity contribution < 1.29 is 13.9 Å². The number of hydrogen-bond donors (Lipinski definition) is 2. The van der Waals surface area contributed by atoms with E-state index in [9.17, 15) is 9.18 Å². The Hall–Kier alpha value is -3.83. The van der Waals surface area contributed by atoms with Crippen LogP contribution in [0.15, 0.2) is 36.7 Å². The number of piperidine rings is 1. The zero-order valence-corrected chi connectivity index (χ0v) is 23.2. The van der Waals surface area contributed by atoms with E-state index in [1.54, 1.807) is 36.3 Å². The third kappa shape index (κ3) is 5.31. The molecule has 2 aliphatic heterocycles. The molecule has 4 heterocycles. The second-order valence-electron chi connectivity index (χ2n) is 10.9. The highest BCUT2D eigenvalue weighted by Gasteiger charge is 2.24. The number of aryl methyl sites for hydroxylation is 1. The topological polar surface area (TPSA) is 100 Å². The first-order valence-corrected chi connectivity index (χ1v) is 13.9. The molecule has 2 atom stereocenters. The monoisotopic (exact) mass is 546 g/mol. The standard InChI is InChI=1S/C29H35FN8O2/c1-18-15-38(11-9-31-18)25-8-7-22(28(39)33-20-12-19-16-37(3)35-26(19)24(30)13-20)27-23(25)14-32-29(34-27)40-17-21-6-4-5-10-36(21)2/h7-8,12-14,16,18,21,31H,4-6,9-11,15,17H2,1-3H3,(H,33,39). The summed E-state index contributed by atoms with van der Waals surface area (Å²) < 4.78 is 22.3.